The second-order valence-electron chi connectivity index (χ2n) is 9.03. The summed E-state index contributed by atoms with van der Waals surface area (Å²) >= 11 is 0. The summed E-state index contributed by atoms with van der Waals surface area (Å²) in [4.78, 5) is 0. The molecule has 0 atom stereocenters. The zero-order chi connectivity index (χ0) is 21.4. The van der Waals surface area contributed by atoms with Crippen LogP contribution in [-0.2, 0) is 11.8 Å². The second-order valence-corrected chi connectivity index (χ2v) is 9.03. The van der Waals surface area contributed by atoms with Gasteiger partial charge in [-0.15, -0.1) is 0 Å². The molecule has 0 fully saturated rings. The van der Waals surface area contributed by atoms with Crippen LogP contribution in [0.2, 0.25) is 0 Å². The molecule has 0 unspecified atom stereocenters. The van der Waals surface area contributed by atoms with Gasteiger partial charge in [-0.1, -0.05) is 70.2 Å². The van der Waals surface area contributed by atoms with Crippen molar-refractivity contribution < 1.29 is 9.47 Å². The van der Waals surface area contributed by atoms with Gasteiger partial charge in [0, 0.05) is 0 Å². The van der Waals surface area contributed by atoms with Crippen LogP contribution in [0.5, 0.6) is 17.2 Å². The molecule has 0 spiro atoms. The predicted molar refractivity (Wildman–Crippen MR) is 126 cm³/mol. The highest BCUT2D eigenvalue weighted by Crippen LogP contribution is 2.31. The molecule has 0 aliphatic rings. The van der Waals surface area contributed by atoms with Crippen LogP contribution in [0.4, 0.5) is 0 Å². The summed E-state index contributed by atoms with van der Waals surface area (Å²) in [6, 6.07) is 27.0. The Kier molecular flexibility index (Phi) is 7.57. The third-order valence-corrected chi connectivity index (χ3v) is 5.36. The zero-order valence-electron chi connectivity index (χ0n) is 18.7. The molecule has 0 saturated carbocycles. The van der Waals surface area contributed by atoms with Gasteiger partial charge in [0.1, 0.15) is 17.2 Å². The number of ether oxygens (including phenoxy) is 2. The molecule has 3 aromatic rings. The quantitative estimate of drug-likeness (QED) is 0.344. The van der Waals surface area contributed by atoms with E-state index in [9.17, 15) is 0 Å². The van der Waals surface area contributed by atoms with Crippen LogP contribution in [-0.4, -0.2) is 6.61 Å². The first-order valence-electron chi connectivity index (χ1n) is 11.0. The van der Waals surface area contributed by atoms with Crippen molar-refractivity contribution in [1.29, 1.82) is 0 Å². The Morgan fingerprint density at radius 2 is 1.47 bits per heavy atom. The number of aryl methyl sites for hydroxylation is 1. The third-order valence-electron chi connectivity index (χ3n) is 5.36. The van der Waals surface area contributed by atoms with Crippen LogP contribution in [0, 0.1) is 5.92 Å². The monoisotopic (exact) mass is 402 g/mol. The van der Waals surface area contributed by atoms with Crippen molar-refractivity contribution in [2.75, 3.05) is 6.61 Å². The highest BCUT2D eigenvalue weighted by atomic mass is 16.5. The Balaban J connectivity index is 1.53. The summed E-state index contributed by atoms with van der Waals surface area (Å²) in [7, 11) is 0. The van der Waals surface area contributed by atoms with Crippen molar-refractivity contribution in [1.82, 2.24) is 0 Å². The van der Waals surface area contributed by atoms with Gasteiger partial charge >= 0.3 is 0 Å². The molecule has 0 bridgehead atoms. The maximum Gasteiger partial charge on any atom is 0.127 e. The van der Waals surface area contributed by atoms with Crippen molar-refractivity contribution >= 4 is 0 Å². The van der Waals surface area contributed by atoms with E-state index >= 15 is 0 Å². The fraction of sp³-hybridized carbons (Fsp3) is 0.357. The molecule has 30 heavy (non-hydrogen) atoms. The lowest BCUT2D eigenvalue weighted by Crippen LogP contribution is -2.17. The summed E-state index contributed by atoms with van der Waals surface area (Å²) in [5.41, 5.74) is 2.81. The molecule has 0 saturated heterocycles. The lowest BCUT2D eigenvalue weighted by atomic mass is 9.80. The molecule has 3 aromatic carbocycles. The molecule has 0 aromatic heterocycles. The fourth-order valence-corrected chi connectivity index (χ4v) is 3.53. The molecule has 3 rings (SSSR count). The Labute approximate surface area is 181 Å². The van der Waals surface area contributed by atoms with Gasteiger partial charge < -0.3 is 9.47 Å². The maximum absolute atomic E-state index is 5.97. The minimum Gasteiger partial charge on any atom is -0.493 e. The highest BCUT2D eigenvalue weighted by molar-refractivity contribution is 5.34. The van der Waals surface area contributed by atoms with E-state index in [4.69, 9.17) is 9.47 Å². The Morgan fingerprint density at radius 1 is 0.767 bits per heavy atom. The average Bonchev–Trinajstić information content (AvgIpc) is 2.73. The Morgan fingerprint density at radius 3 is 2.17 bits per heavy atom. The van der Waals surface area contributed by atoms with Gasteiger partial charge in [-0.25, -0.2) is 0 Å². The molecule has 0 aliphatic heterocycles. The highest BCUT2D eigenvalue weighted by Gasteiger charge is 2.20. The number of benzene rings is 3. The first-order chi connectivity index (χ1) is 14.4. The first kappa shape index (κ1) is 22.0. The van der Waals surface area contributed by atoms with Gasteiger partial charge in [0.05, 0.1) is 6.61 Å². The van der Waals surface area contributed by atoms with Gasteiger partial charge in [-0.05, 0) is 78.1 Å². The Bertz CT molecular complexity index is 895. The van der Waals surface area contributed by atoms with Gasteiger partial charge in [-0.3, -0.25) is 0 Å². The van der Waals surface area contributed by atoms with Crippen LogP contribution >= 0.6 is 0 Å². The molecular weight excluding hydrogens is 368 g/mol. The van der Waals surface area contributed by atoms with Gasteiger partial charge in [-0.2, -0.15) is 0 Å². The van der Waals surface area contributed by atoms with Crippen molar-refractivity contribution in [2.24, 2.45) is 5.92 Å². The molecule has 2 nitrogen and oxygen atoms in total. The molecule has 0 aliphatic carbocycles. The van der Waals surface area contributed by atoms with Gasteiger partial charge in [0.2, 0.25) is 0 Å². The first-order valence-corrected chi connectivity index (χ1v) is 11.0. The van der Waals surface area contributed by atoms with Crippen LogP contribution in [0.15, 0.2) is 78.9 Å². The van der Waals surface area contributed by atoms with Crippen molar-refractivity contribution in [3.05, 3.63) is 90.0 Å². The molecule has 0 amide bonds. The van der Waals surface area contributed by atoms with E-state index in [1.54, 1.807) is 0 Å². The van der Waals surface area contributed by atoms with Crippen molar-refractivity contribution in [2.45, 2.75) is 52.4 Å². The van der Waals surface area contributed by atoms with Crippen molar-refractivity contribution in [3.63, 3.8) is 0 Å². The Hall–Kier alpha value is -2.74. The maximum atomic E-state index is 5.97. The molecule has 158 valence electrons. The van der Waals surface area contributed by atoms with Crippen LogP contribution in [0.1, 0.15) is 51.7 Å². The summed E-state index contributed by atoms with van der Waals surface area (Å²) < 4.78 is 11.8. The van der Waals surface area contributed by atoms with Crippen molar-refractivity contribution in [3.8, 4) is 17.2 Å². The number of rotatable bonds is 10. The lowest BCUT2D eigenvalue weighted by molar-refractivity contribution is 0.271. The fourth-order valence-electron chi connectivity index (χ4n) is 3.53. The van der Waals surface area contributed by atoms with E-state index < -0.39 is 0 Å². The zero-order valence-corrected chi connectivity index (χ0v) is 18.7. The number of hydrogen-bond acceptors (Lipinski definition) is 2. The molecule has 2 heteroatoms. The van der Waals surface area contributed by atoms with E-state index in [-0.39, 0.29) is 5.41 Å². The smallest absolute Gasteiger partial charge is 0.127 e. The summed E-state index contributed by atoms with van der Waals surface area (Å²) in [5, 5.41) is 0. The second kappa shape index (κ2) is 10.3. The molecule has 0 N–H and O–H groups in total. The van der Waals surface area contributed by atoms with E-state index in [0.717, 1.165) is 43.1 Å². The van der Waals surface area contributed by atoms with Crippen LogP contribution in [0.3, 0.4) is 0 Å². The molecular formula is C28H34O2. The SMILES string of the molecule is CC(C)COc1ccc(C(C)(C)CCCc2cccc(Oc3ccccc3)c2)cc1. The molecule has 0 heterocycles. The largest absolute Gasteiger partial charge is 0.493 e. The topological polar surface area (TPSA) is 18.5 Å². The summed E-state index contributed by atoms with van der Waals surface area (Å²) in [6.07, 6.45) is 3.31. The standard InChI is InChI=1S/C28H34O2/c1-22(2)21-29-25-17-15-24(16-18-25)28(3,4)19-9-11-23-10-8-14-27(20-23)30-26-12-6-5-7-13-26/h5-8,10,12-18,20,22H,9,11,19,21H2,1-4H3. The van der Waals surface area contributed by atoms with E-state index in [1.165, 1.54) is 11.1 Å². The average molecular weight is 403 g/mol. The predicted octanol–water partition coefficient (Wildman–Crippen LogP) is 7.81. The minimum atomic E-state index is 0.134. The molecule has 0 radical (unpaired) electrons. The summed E-state index contributed by atoms with van der Waals surface area (Å²) in [6.45, 7) is 9.75. The van der Waals surface area contributed by atoms with E-state index in [2.05, 4.69) is 70.2 Å². The lowest BCUT2D eigenvalue weighted by Gasteiger charge is -2.25. The third kappa shape index (κ3) is 6.66. The minimum absolute atomic E-state index is 0.134. The number of para-hydroxylation sites is 1. The van der Waals surface area contributed by atoms with Gasteiger partial charge in [0.15, 0.2) is 0 Å². The normalized spacial score (nSPS) is 11.5. The van der Waals surface area contributed by atoms with Crippen LogP contribution in [0.25, 0.3) is 0 Å². The van der Waals surface area contributed by atoms with E-state index in [1.807, 2.05) is 36.4 Å². The number of hydrogen-bond donors (Lipinski definition) is 0. The van der Waals surface area contributed by atoms with Gasteiger partial charge in [0.25, 0.3) is 0 Å². The van der Waals surface area contributed by atoms with Crippen LogP contribution < -0.4 is 9.47 Å². The summed E-state index contributed by atoms with van der Waals surface area (Å²) in [5.74, 6) is 3.27. The van der Waals surface area contributed by atoms with E-state index in [0.29, 0.717) is 5.92 Å².